The second kappa shape index (κ2) is 8.33. The molecule has 3 heterocycles. The number of rotatable bonds is 5. The Bertz CT molecular complexity index is 895. The summed E-state index contributed by atoms with van der Waals surface area (Å²) in [5, 5.41) is 3.10. The first kappa shape index (κ1) is 17.7. The first-order valence-corrected chi connectivity index (χ1v) is 9.88. The van der Waals surface area contributed by atoms with Gasteiger partial charge in [-0.25, -0.2) is 4.98 Å². The molecule has 2 aromatic heterocycles. The first-order valence-electron chi connectivity index (χ1n) is 9.00. The zero-order valence-corrected chi connectivity index (χ0v) is 15.8. The van der Waals surface area contributed by atoms with Gasteiger partial charge in [-0.1, -0.05) is 30.3 Å². The average Bonchev–Trinajstić information content (AvgIpc) is 3.39. The summed E-state index contributed by atoms with van der Waals surface area (Å²) in [6.07, 6.45) is 5.21. The summed E-state index contributed by atoms with van der Waals surface area (Å²) in [5.74, 6) is 0.881. The van der Waals surface area contributed by atoms with E-state index in [1.807, 2.05) is 58.8 Å². The Hall–Kier alpha value is -2.70. The summed E-state index contributed by atoms with van der Waals surface area (Å²) in [5.41, 5.74) is 1.93. The lowest BCUT2D eigenvalue weighted by atomic mass is 10.2. The molecular weight excluding hydrogens is 358 g/mol. The molecule has 5 nitrogen and oxygen atoms in total. The molecule has 1 saturated heterocycles. The van der Waals surface area contributed by atoms with E-state index in [-0.39, 0.29) is 5.91 Å². The fourth-order valence-electron chi connectivity index (χ4n) is 3.08. The van der Waals surface area contributed by atoms with Crippen molar-refractivity contribution in [2.75, 3.05) is 26.2 Å². The number of furan rings is 1. The van der Waals surface area contributed by atoms with E-state index in [9.17, 15) is 4.79 Å². The van der Waals surface area contributed by atoms with Crippen molar-refractivity contribution in [1.82, 2.24) is 14.8 Å². The minimum atomic E-state index is 0.0767. The van der Waals surface area contributed by atoms with Crippen LogP contribution in [0.4, 0.5) is 0 Å². The number of aromatic nitrogens is 1. The molecule has 0 unspecified atom stereocenters. The van der Waals surface area contributed by atoms with Crippen LogP contribution in [0.25, 0.3) is 17.5 Å². The van der Waals surface area contributed by atoms with Crippen molar-refractivity contribution in [3.8, 4) is 11.5 Å². The van der Waals surface area contributed by atoms with Crippen LogP contribution in [0.15, 0.2) is 64.6 Å². The lowest BCUT2D eigenvalue weighted by Gasteiger charge is -2.33. The quantitative estimate of drug-likeness (QED) is 0.634. The number of carbonyl (C=O) groups is 1. The summed E-state index contributed by atoms with van der Waals surface area (Å²) in [7, 11) is 0. The van der Waals surface area contributed by atoms with Gasteiger partial charge in [0, 0.05) is 37.6 Å². The Kier molecular flexibility index (Phi) is 5.46. The van der Waals surface area contributed by atoms with Crippen LogP contribution in [-0.4, -0.2) is 46.9 Å². The first-order chi connectivity index (χ1) is 13.3. The van der Waals surface area contributed by atoms with Gasteiger partial charge in [-0.05, 0) is 23.8 Å². The summed E-state index contributed by atoms with van der Waals surface area (Å²) in [4.78, 5) is 21.3. The minimum Gasteiger partial charge on any atom is -0.463 e. The van der Waals surface area contributed by atoms with Crippen LogP contribution in [0.2, 0.25) is 0 Å². The van der Waals surface area contributed by atoms with Crippen LogP contribution in [0.3, 0.4) is 0 Å². The molecule has 0 atom stereocenters. The van der Waals surface area contributed by atoms with Crippen molar-refractivity contribution >= 4 is 23.3 Å². The maximum atomic E-state index is 12.4. The van der Waals surface area contributed by atoms with Crippen molar-refractivity contribution in [2.24, 2.45) is 0 Å². The monoisotopic (exact) mass is 379 g/mol. The van der Waals surface area contributed by atoms with Crippen LogP contribution >= 0.6 is 11.3 Å². The number of thiazole rings is 1. The van der Waals surface area contributed by atoms with Gasteiger partial charge in [0.25, 0.3) is 0 Å². The van der Waals surface area contributed by atoms with Gasteiger partial charge >= 0.3 is 0 Å². The second-order valence-electron chi connectivity index (χ2n) is 6.45. The van der Waals surface area contributed by atoms with Crippen LogP contribution in [0.5, 0.6) is 0 Å². The van der Waals surface area contributed by atoms with E-state index in [2.05, 4.69) is 9.88 Å². The van der Waals surface area contributed by atoms with Gasteiger partial charge in [-0.15, -0.1) is 11.3 Å². The van der Waals surface area contributed by atoms with Crippen LogP contribution < -0.4 is 0 Å². The number of hydrogen-bond acceptors (Lipinski definition) is 5. The number of carbonyl (C=O) groups excluding carboxylic acids is 1. The predicted molar refractivity (Wildman–Crippen MR) is 107 cm³/mol. The highest BCUT2D eigenvalue weighted by atomic mass is 32.1. The number of benzene rings is 1. The summed E-state index contributed by atoms with van der Waals surface area (Å²) in [6, 6.07) is 13.7. The summed E-state index contributed by atoms with van der Waals surface area (Å²) < 4.78 is 5.40. The molecule has 0 radical (unpaired) electrons. The molecule has 1 aliphatic rings. The normalized spacial score (nSPS) is 15.5. The van der Waals surface area contributed by atoms with E-state index in [0.29, 0.717) is 0 Å². The third kappa shape index (κ3) is 4.53. The Labute approximate surface area is 162 Å². The van der Waals surface area contributed by atoms with E-state index in [4.69, 9.17) is 4.42 Å². The van der Waals surface area contributed by atoms with E-state index < -0.39 is 0 Å². The Balaban J connectivity index is 1.28. The Morgan fingerprint density at radius 3 is 2.67 bits per heavy atom. The van der Waals surface area contributed by atoms with Crippen LogP contribution in [0.1, 0.15) is 10.6 Å². The topological polar surface area (TPSA) is 49.6 Å². The molecule has 1 amide bonds. The third-order valence-corrected chi connectivity index (χ3v) is 5.42. The number of piperazine rings is 1. The average molecular weight is 379 g/mol. The number of nitrogens with zero attached hydrogens (tertiary/aromatic N) is 3. The van der Waals surface area contributed by atoms with Crippen molar-refractivity contribution in [3.05, 3.63) is 70.8 Å². The van der Waals surface area contributed by atoms with Gasteiger partial charge < -0.3 is 9.32 Å². The lowest BCUT2D eigenvalue weighted by molar-refractivity contribution is -0.127. The fourth-order valence-corrected chi connectivity index (χ4v) is 3.90. The Morgan fingerprint density at radius 1 is 1.11 bits per heavy atom. The van der Waals surface area contributed by atoms with Crippen molar-refractivity contribution in [1.29, 1.82) is 0 Å². The number of amides is 1. The zero-order valence-electron chi connectivity index (χ0n) is 15.0. The van der Waals surface area contributed by atoms with Gasteiger partial charge in [0.05, 0.1) is 12.8 Å². The van der Waals surface area contributed by atoms with Gasteiger partial charge in [0.1, 0.15) is 10.7 Å². The number of hydrogen-bond donors (Lipinski definition) is 0. The molecule has 3 aromatic rings. The maximum absolute atomic E-state index is 12.4. The molecule has 0 N–H and O–H groups in total. The minimum absolute atomic E-state index is 0.0767. The molecule has 138 valence electrons. The molecule has 6 heteroatoms. The molecule has 0 aliphatic carbocycles. The van der Waals surface area contributed by atoms with Crippen LogP contribution in [0, 0.1) is 0 Å². The summed E-state index contributed by atoms with van der Waals surface area (Å²) >= 11 is 1.65. The van der Waals surface area contributed by atoms with Crippen molar-refractivity contribution < 1.29 is 9.21 Å². The zero-order chi connectivity index (χ0) is 18.5. The van der Waals surface area contributed by atoms with E-state index in [1.165, 1.54) is 0 Å². The van der Waals surface area contributed by atoms with Gasteiger partial charge in [0.15, 0.2) is 5.76 Å². The molecular formula is C21H21N3O2S. The summed E-state index contributed by atoms with van der Waals surface area (Å²) in [6.45, 7) is 4.02. The van der Waals surface area contributed by atoms with E-state index in [0.717, 1.165) is 54.7 Å². The highest BCUT2D eigenvalue weighted by Gasteiger charge is 2.20. The molecule has 27 heavy (non-hydrogen) atoms. The van der Waals surface area contributed by atoms with Gasteiger partial charge in [-0.2, -0.15) is 0 Å². The maximum Gasteiger partial charge on any atom is 0.246 e. The Morgan fingerprint density at radius 2 is 1.93 bits per heavy atom. The molecule has 1 fully saturated rings. The van der Waals surface area contributed by atoms with Crippen molar-refractivity contribution in [3.63, 3.8) is 0 Å². The predicted octanol–water partition coefficient (Wildman–Crippen LogP) is 3.76. The fraction of sp³-hybridized carbons (Fsp3) is 0.238. The lowest BCUT2D eigenvalue weighted by Crippen LogP contribution is -2.47. The molecule has 4 rings (SSSR count). The molecule has 1 aliphatic heterocycles. The second-order valence-corrected chi connectivity index (χ2v) is 7.39. The molecule has 0 spiro atoms. The van der Waals surface area contributed by atoms with Crippen LogP contribution in [-0.2, 0) is 11.3 Å². The van der Waals surface area contributed by atoms with Gasteiger partial charge in [0.2, 0.25) is 5.91 Å². The molecule has 0 saturated carbocycles. The smallest absolute Gasteiger partial charge is 0.246 e. The highest BCUT2D eigenvalue weighted by molar-refractivity contribution is 7.09. The SMILES string of the molecule is O=C(C=Cc1ccccc1)N1CCN(Cc2nc(-c3ccco3)cs2)CC1. The van der Waals surface area contributed by atoms with E-state index in [1.54, 1.807) is 23.7 Å². The highest BCUT2D eigenvalue weighted by Crippen LogP contribution is 2.23. The third-order valence-electron chi connectivity index (χ3n) is 4.59. The molecule has 1 aromatic carbocycles. The van der Waals surface area contributed by atoms with Gasteiger partial charge in [-0.3, -0.25) is 9.69 Å². The standard InChI is InChI=1S/C21H21N3O2S/c25-21(9-8-17-5-2-1-3-6-17)24-12-10-23(11-13-24)15-20-22-18(16-27-20)19-7-4-14-26-19/h1-9,14,16H,10-13,15H2. The molecule has 0 bridgehead atoms. The van der Waals surface area contributed by atoms with E-state index >= 15 is 0 Å². The van der Waals surface area contributed by atoms with Crippen molar-refractivity contribution in [2.45, 2.75) is 6.54 Å². The largest absolute Gasteiger partial charge is 0.463 e.